The molecule has 0 aliphatic rings. The molecule has 2 aromatic rings. The molecule has 0 bridgehead atoms. The predicted octanol–water partition coefficient (Wildman–Crippen LogP) is 2.78. The molecule has 0 saturated heterocycles. The highest BCUT2D eigenvalue weighted by molar-refractivity contribution is 6.03. The number of amides is 1. The summed E-state index contributed by atoms with van der Waals surface area (Å²) in [6.45, 7) is 1.90. The zero-order chi connectivity index (χ0) is 12.3. The van der Waals surface area contributed by atoms with Crippen molar-refractivity contribution >= 4 is 11.7 Å². The van der Waals surface area contributed by atoms with Gasteiger partial charge in [-0.15, -0.1) is 0 Å². The van der Waals surface area contributed by atoms with Crippen LogP contribution in [0.4, 0.5) is 10.2 Å². The number of pyridine rings is 1. The fourth-order valence-corrected chi connectivity index (χ4v) is 1.45. The quantitative estimate of drug-likeness (QED) is 0.806. The van der Waals surface area contributed by atoms with Gasteiger partial charge in [0.25, 0.3) is 5.91 Å². The molecule has 0 saturated carbocycles. The third-order valence-corrected chi connectivity index (χ3v) is 2.24. The van der Waals surface area contributed by atoms with Gasteiger partial charge in [-0.3, -0.25) is 4.79 Å². The van der Waals surface area contributed by atoms with Gasteiger partial charge in [-0.1, -0.05) is 23.8 Å². The van der Waals surface area contributed by atoms with Crippen molar-refractivity contribution in [3.63, 3.8) is 0 Å². The van der Waals surface area contributed by atoms with E-state index in [1.807, 2.05) is 13.0 Å². The molecule has 86 valence electrons. The molecule has 4 heteroatoms. The van der Waals surface area contributed by atoms with Crippen molar-refractivity contribution in [3.8, 4) is 0 Å². The molecule has 3 nitrogen and oxygen atoms in total. The summed E-state index contributed by atoms with van der Waals surface area (Å²) in [6.07, 6.45) is 0. The summed E-state index contributed by atoms with van der Waals surface area (Å²) in [4.78, 5) is 15.4. The van der Waals surface area contributed by atoms with E-state index in [0.717, 1.165) is 5.56 Å². The first-order valence-corrected chi connectivity index (χ1v) is 5.16. The van der Waals surface area contributed by atoms with Gasteiger partial charge in [0.1, 0.15) is 5.82 Å². The van der Waals surface area contributed by atoms with E-state index in [1.54, 1.807) is 18.2 Å². The standard InChI is InChI=1S/C13H11FN2O/c1-9-4-2-5-10(8-9)13(17)16-12-7-3-6-11(14)15-12/h2-8H,1H3,(H,15,16,17). The minimum absolute atomic E-state index is 0.205. The minimum atomic E-state index is -0.618. The largest absolute Gasteiger partial charge is 0.306 e. The fourth-order valence-electron chi connectivity index (χ4n) is 1.45. The maximum Gasteiger partial charge on any atom is 0.256 e. The van der Waals surface area contributed by atoms with Crippen molar-refractivity contribution in [1.29, 1.82) is 0 Å². The Balaban J connectivity index is 2.17. The van der Waals surface area contributed by atoms with Crippen molar-refractivity contribution in [3.05, 3.63) is 59.5 Å². The van der Waals surface area contributed by atoms with Gasteiger partial charge in [0.05, 0.1) is 0 Å². The molecule has 2 rings (SSSR count). The van der Waals surface area contributed by atoms with Crippen LogP contribution in [0.5, 0.6) is 0 Å². The number of anilines is 1. The molecule has 0 fully saturated rings. The Morgan fingerprint density at radius 1 is 1.24 bits per heavy atom. The van der Waals surface area contributed by atoms with Crippen LogP contribution in [0, 0.1) is 12.9 Å². The van der Waals surface area contributed by atoms with Gasteiger partial charge in [-0.2, -0.15) is 4.39 Å². The van der Waals surface area contributed by atoms with Gasteiger partial charge in [-0.25, -0.2) is 4.98 Å². The number of carbonyl (C=O) groups is 1. The van der Waals surface area contributed by atoms with E-state index in [1.165, 1.54) is 18.2 Å². The summed E-state index contributed by atoms with van der Waals surface area (Å²) >= 11 is 0. The van der Waals surface area contributed by atoms with Crippen LogP contribution in [0.1, 0.15) is 15.9 Å². The highest BCUT2D eigenvalue weighted by Crippen LogP contribution is 2.08. The highest BCUT2D eigenvalue weighted by atomic mass is 19.1. The zero-order valence-electron chi connectivity index (χ0n) is 9.27. The smallest absolute Gasteiger partial charge is 0.256 e. The van der Waals surface area contributed by atoms with Crippen LogP contribution in [-0.4, -0.2) is 10.9 Å². The Hall–Kier alpha value is -2.23. The van der Waals surface area contributed by atoms with E-state index in [9.17, 15) is 9.18 Å². The van der Waals surface area contributed by atoms with Gasteiger partial charge in [0.15, 0.2) is 0 Å². The summed E-state index contributed by atoms with van der Waals surface area (Å²) in [5.74, 6) is -0.713. The molecule has 1 N–H and O–H groups in total. The molecule has 0 radical (unpaired) electrons. The maximum atomic E-state index is 12.8. The highest BCUT2D eigenvalue weighted by Gasteiger charge is 2.06. The normalized spacial score (nSPS) is 10.0. The third kappa shape index (κ3) is 2.87. The second-order valence-electron chi connectivity index (χ2n) is 3.67. The zero-order valence-corrected chi connectivity index (χ0v) is 9.27. The Morgan fingerprint density at radius 2 is 2.00 bits per heavy atom. The monoisotopic (exact) mass is 230 g/mol. The summed E-state index contributed by atoms with van der Waals surface area (Å²) in [7, 11) is 0. The van der Waals surface area contributed by atoms with Gasteiger partial charge in [-0.05, 0) is 31.2 Å². The van der Waals surface area contributed by atoms with Gasteiger partial charge in [0, 0.05) is 5.56 Å². The van der Waals surface area contributed by atoms with E-state index in [2.05, 4.69) is 10.3 Å². The number of benzene rings is 1. The molecule has 0 atom stereocenters. The Labute approximate surface area is 98.3 Å². The first kappa shape index (κ1) is 11.3. The Bertz CT molecular complexity index is 555. The summed E-state index contributed by atoms with van der Waals surface area (Å²) in [5, 5.41) is 2.54. The maximum absolute atomic E-state index is 12.8. The van der Waals surface area contributed by atoms with Crippen LogP contribution in [-0.2, 0) is 0 Å². The number of nitrogens with one attached hydrogen (secondary N) is 1. The van der Waals surface area contributed by atoms with Gasteiger partial charge in [0.2, 0.25) is 5.95 Å². The average Bonchev–Trinajstić information content (AvgIpc) is 2.29. The van der Waals surface area contributed by atoms with Crippen LogP contribution >= 0.6 is 0 Å². The predicted molar refractivity (Wildman–Crippen MR) is 63.3 cm³/mol. The molecule has 0 unspecified atom stereocenters. The molecule has 1 aromatic carbocycles. The number of aryl methyl sites for hydroxylation is 1. The summed E-state index contributed by atoms with van der Waals surface area (Å²) in [6, 6.07) is 11.4. The van der Waals surface area contributed by atoms with E-state index in [-0.39, 0.29) is 11.7 Å². The van der Waals surface area contributed by atoms with Crippen LogP contribution in [0.15, 0.2) is 42.5 Å². The number of aromatic nitrogens is 1. The lowest BCUT2D eigenvalue weighted by Gasteiger charge is -2.04. The lowest BCUT2D eigenvalue weighted by Crippen LogP contribution is -2.13. The second kappa shape index (κ2) is 4.74. The number of hydrogen-bond donors (Lipinski definition) is 1. The minimum Gasteiger partial charge on any atom is -0.306 e. The molecular weight excluding hydrogens is 219 g/mol. The SMILES string of the molecule is Cc1cccc(C(=O)Nc2cccc(F)n2)c1. The second-order valence-corrected chi connectivity index (χ2v) is 3.67. The van der Waals surface area contributed by atoms with E-state index < -0.39 is 5.95 Å². The molecule has 0 aliphatic heterocycles. The van der Waals surface area contributed by atoms with Gasteiger partial charge >= 0.3 is 0 Å². The molecule has 1 heterocycles. The molecule has 1 aromatic heterocycles. The molecule has 1 amide bonds. The first-order chi connectivity index (χ1) is 8.15. The Kier molecular flexibility index (Phi) is 3.14. The molecule has 0 aliphatic carbocycles. The summed E-state index contributed by atoms with van der Waals surface area (Å²) < 4.78 is 12.8. The van der Waals surface area contributed by atoms with Crippen LogP contribution in [0.3, 0.4) is 0 Å². The lowest BCUT2D eigenvalue weighted by atomic mass is 10.1. The van der Waals surface area contributed by atoms with Crippen molar-refractivity contribution in [2.24, 2.45) is 0 Å². The Morgan fingerprint density at radius 3 is 2.71 bits per heavy atom. The lowest BCUT2D eigenvalue weighted by molar-refractivity contribution is 0.102. The van der Waals surface area contributed by atoms with Gasteiger partial charge < -0.3 is 5.32 Å². The van der Waals surface area contributed by atoms with E-state index in [4.69, 9.17) is 0 Å². The van der Waals surface area contributed by atoms with Crippen LogP contribution in [0.25, 0.3) is 0 Å². The number of nitrogens with zero attached hydrogens (tertiary/aromatic N) is 1. The number of carbonyl (C=O) groups excluding carboxylic acids is 1. The summed E-state index contributed by atoms with van der Waals surface area (Å²) in [5.41, 5.74) is 1.51. The van der Waals surface area contributed by atoms with Crippen LogP contribution < -0.4 is 5.32 Å². The molecule has 17 heavy (non-hydrogen) atoms. The number of hydrogen-bond acceptors (Lipinski definition) is 2. The fraction of sp³-hybridized carbons (Fsp3) is 0.0769. The van der Waals surface area contributed by atoms with Crippen LogP contribution in [0.2, 0.25) is 0 Å². The third-order valence-electron chi connectivity index (χ3n) is 2.24. The molecular formula is C13H11FN2O. The van der Waals surface area contributed by atoms with Crippen molar-refractivity contribution in [2.45, 2.75) is 6.92 Å². The van der Waals surface area contributed by atoms with Crippen molar-refractivity contribution in [1.82, 2.24) is 4.98 Å². The first-order valence-electron chi connectivity index (χ1n) is 5.16. The van der Waals surface area contributed by atoms with E-state index >= 15 is 0 Å². The average molecular weight is 230 g/mol. The molecule has 0 spiro atoms. The number of rotatable bonds is 2. The number of halogens is 1. The van der Waals surface area contributed by atoms with Crippen molar-refractivity contribution < 1.29 is 9.18 Å². The van der Waals surface area contributed by atoms with E-state index in [0.29, 0.717) is 5.56 Å². The van der Waals surface area contributed by atoms with Crippen molar-refractivity contribution in [2.75, 3.05) is 5.32 Å². The topological polar surface area (TPSA) is 42.0 Å².